The minimum Gasteiger partial charge on any atom is -0.490 e. The van der Waals surface area contributed by atoms with Crippen molar-refractivity contribution < 1.29 is 23.8 Å². The van der Waals surface area contributed by atoms with E-state index in [0.717, 1.165) is 16.7 Å². The third kappa shape index (κ3) is 6.95. The highest BCUT2D eigenvalue weighted by atomic mass is 16.5. The van der Waals surface area contributed by atoms with Gasteiger partial charge in [-0.15, -0.1) is 0 Å². The Morgan fingerprint density at radius 1 is 0.893 bits per heavy atom. The molecule has 1 N–H and O–H groups in total. The number of hydrogen-bond acceptors (Lipinski definition) is 5. The number of ether oxygens (including phenoxy) is 3. The number of amides is 1. The van der Waals surface area contributed by atoms with E-state index in [0.29, 0.717) is 31.3 Å². The van der Waals surface area contributed by atoms with Crippen molar-refractivity contribution in [3.05, 3.63) is 59.2 Å². The summed E-state index contributed by atoms with van der Waals surface area (Å²) >= 11 is 0. The second kappa shape index (κ2) is 11.0. The van der Waals surface area contributed by atoms with Gasteiger partial charge in [0.1, 0.15) is 0 Å². The molecule has 150 valence electrons. The first-order chi connectivity index (χ1) is 13.5. The van der Waals surface area contributed by atoms with Crippen molar-refractivity contribution in [1.82, 2.24) is 5.32 Å². The molecule has 0 saturated heterocycles. The van der Waals surface area contributed by atoms with E-state index in [1.54, 1.807) is 18.2 Å². The van der Waals surface area contributed by atoms with Gasteiger partial charge >= 0.3 is 5.97 Å². The Morgan fingerprint density at radius 3 is 2.21 bits per heavy atom. The zero-order valence-electron chi connectivity index (χ0n) is 16.6. The molecule has 1 amide bonds. The minimum atomic E-state index is -0.475. The lowest BCUT2D eigenvalue weighted by Gasteiger charge is -2.12. The Balaban J connectivity index is 1.80. The SMILES string of the molecule is CCOc1ccc(CC(=O)OCC(=O)NCc2ccc(C)cc2)cc1OCC. The Hall–Kier alpha value is -3.02. The molecule has 0 aromatic heterocycles. The molecule has 2 aromatic rings. The molecule has 0 unspecified atom stereocenters. The van der Waals surface area contributed by atoms with Crippen molar-refractivity contribution in [2.75, 3.05) is 19.8 Å². The van der Waals surface area contributed by atoms with Gasteiger partial charge in [0.05, 0.1) is 19.6 Å². The molecule has 0 aliphatic rings. The van der Waals surface area contributed by atoms with E-state index in [9.17, 15) is 9.59 Å². The average molecular weight is 385 g/mol. The van der Waals surface area contributed by atoms with E-state index in [1.165, 1.54) is 0 Å². The van der Waals surface area contributed by atoms with Crippen LogP contribution in [0, 0.1) is 6.92 Å². The van der Waals surface area contributed by atoms with Gasteiger partial charge in [-0.3, -0.25) is 9.59 Å². The van der Waals surface area contributed by atoms with Gasteiger partial charge in [-0.2, -0.15) is 0 Å². The molecule has 0 saturated carbocycles. The highest BCUT2D eigenvalue weighted by Crippen LogP contribution is 2.28. The first-order valence-electron chi connectivity index (χ1n) is 9.38. The van der Waals surface area contributed by atoms with Crippen LogP contribution in [0.15, 0.2) is 42.5 Å². The molecular formula is C22H27NO5. The van der Waals surface area contributed by atoms with Crippen LogP contribution < -0.4 is 14.8 Å². The van der Waals surface area contributed by atoms with Gasteiger partial charge in [0, 0.05) is 6.54 Å². The van der Waals surface area contributed by atoms with E-state index in [4.69, 9.17) is 14.2 Å². The summed E-state index contributed by atoms with van der Waals surface area (Å²) in [6.45, 7) is 6.89. The van der Waals surface area contributed by atoms with Crippen molar-refractivity contribution in [2.45, 2.75) is 33.7 Å². The van der Waals surface area contributed by atoms with Crippen LogP contribution in [-0.4, -0.2) is 31.7 Å². The molecule has 0 radical (unpaired) electrons. The van der Waals surface area contributed by atoms with Gasteiger partial charge in [-0.05, 0) is 44.0 Å². The van der Waals surface area contributed by atoms with Crippen LogP contribution >= 0.6 is 0 Å². The highest BCUT2D eigenvalue weighted by Gasteiger charge is 2.12. The van der Waals surface area contributed by atoms with Crippen LogP contribution in [0.5, 0.6) is 11.5 Å². The fraction of sp³-hybridized carbons (Fsp3) is 0.364. The number of carbonyl (C=O) groups is 2. The molecule has 2 aromatic carbocycles. The van der Waals surface area contributed by atoms with Crippen molar-refractivity contribution >= 4 is 11.9 Å². The van der Waals surface area contributed by atoms with E-state index >= 15 is 0 Å². The van der Waals surface area contributed by atoms with Crippen molar-refractivity contribution in [3.8, 4) is 11.5 Å². The number of esters is 1. The lowest BCUT2D eigenvalue weighted by molar-refractivity contribution is -0.147. The standard InChI is InChI=1S/C22H27NO5/c1-4-26-19-11-10-18(12-20(19)27-5-2)13-22(25)28-15-21(24)23-14-17-8-6-16(3)7-9-17/h6-12H,4-5,13-15H2,1-3H3,(H,23,24). The third-order valence-corrected chi connectivity index (χ3v) is 3.93. The van der Waals surface area contributed by atoms with Gasteiger partial charge in [-0.1, -0.05) is 35.9 Å². The molecule has 0 aliphatic heterocycles. The molecule has 0 spiro atoms. The molecule has 0 atom stereocenters. The summed E-state index contributed by atoms with van der Waals surface area (Å²) in [5.74, 6) is 0.412. The summed E-state index contributed by atoms with van der Waals surface area (Å²) in [4.78, 5) is 23.9. The molecule has 2 rings (SSSR count). The second-order valence-corrected chi connectivity index (χ2v) is 6.25. The van der Waals surface area contributed by atoms with E-state index in [1.807, 2.05) is 45.0 Å². The normalized spacial score (nSPS) is 10.2. The van der Waals surface area contributed by atoms with Crippen LogP contribution in [0.2, 0.25) is 0 Å². The van der Waals surface area contributed by atoms with E-state index in [2.05, 4.69) is 5.32 Å². The van der Waals surface area contributed by atoms with Gasteiger partial charge in [0.25, 0.3) is 5.91 Å². The first kappa shape index (κ1) is 21.3. The highest BCUT2D eigenvalue weighted by molar-refractivity contribution is 5.81. The smallest absolute Gasteiger partial charge is 0.310 e. The fourth-order valence-corrected chi connectivity index (χ4v) is 2.53. The Bertz CT molecular complexity index is 786. The predicted octanol–water partition coefficient (Wildman–Crippen LogP) is 3.19. The summed E-state index contributed by atoms with van der Waals surface area (Å²) in [6, 6.07) is 13.2. The molecule has 0 heterocycles. The number of hydrogen-bond donors (Lipinski definition) is 1. The minimum absolute atomic E-state index is 0.0533. The fourth-order valence-electron chi connectivity index (χ4n) is 2.53. The van der Waals surface area contributed by atoms with Crippen molar-refractivity contribution in [2.24, 2.45) is 0 Å². The topological polar surface area (TPSA) is 73.9 Å². The van der Waals surface area contributed by atoms with Gasteiger partial charge in [-0.25, -0.2) is 0 Å². The Labute approximate surface area is 165 Å². The zero-order valence-corrected chi connectivity index (χ0v) is 16.6. The van der Waals surface area contributed by atoms with Crippen molar-refractivity contribution in [1.29, 1.82) is 0 Å². The quantitative estimate of drug-likeness (QED) is 0.636. The van der Waals surface area contributed by atoms with Gasteiger partial charge < -0.3 is 19.5 Å². The van der Waals surface area contributed by atoms with Crippen LogP contribution in [0.3, 0.4) is 0 Å². The van der Waals surface area contributed by atoms with Crippen LogP contribution in [0.4, 0.5) is 0 Å². The third-order valence-electron chi connectivity index (χ3n) is 3.93. The molecular weight excluding hydrogens is 358 g/mol. The maximum atomic E-state index is 12.0. The van der Waals surface area contributed by atoms with Crippen LogP contribution in [0.25, 0.3) is 0 Å². The summed E-state index contributed by atoms with van der Waals surface area (Å²) in [5.41, 5.74) is 2.88. The molecule has 0 fully saturated rings. The summed E-state index contributed by atoms with van der Waals surface area (Å²) in [5, 5.41) is 2.73. The molecule has 6 heteroatoms. The lowest BCUT2D eigenvalue weighted by atomic mass is 10.1. The molecule has 0 aliphatic carbocycles. The number of rotatable bonds is 10. The molecule has 28 heavy (non-hydrogen) atoms. The lowest BCUT2D eigenvalue weighted by Crippen LogP contribution is -2.28. The summed E-state index contributed by atoms with van der Waals surface area (Å²) in [6.07, 6.45) is 0.0533. The van der Waals surface area contributed by atoms with Crippen LogP contribution in [0.1, 0.15) is 30.5 Å². The van der Waals surface area contributed by atoms with E-state index in [-0.39, 0.29) is 18.9 Å². The maximum absolute atomic E-state index is 12.0. The van der Waals surface area contributed by atoms with Crippen molar-refractivity contribution in [3.63, 3.8) is 0 Å². The number of aryl methyl sites for hydroxylation is 1. The molecule has 0 bridgehead atoms. The summed E-state index contributed by atoms with van der Waals surface area (Å²) < 4.78 is 16.1. The first-order valence-corrected chi connectivity index (χ1v) is 9.38. The zero-order chi connectivity index (χ0) is 20.4. The number of carbonyl (C=O) groups excluding carboxylic acids is 2. The van der Waals surface area contributed by atoms with Crippen LogP contribution in [-0.2, 0) is 27.3 Å². The summed E-state index contributed by atoms with van der Waals surface area (Å²) in [7, 11) is 0. The second-order valence-electron chi connectivity index (χ2n) is 6.25. The number of benzene rings is 2. The predicted molar refractivity (Wildman–Crippen MR) is 106 cm³/mol. The van der Waals surface area contributed by atoms with E-state index < -0.39 is 5.97 Å². The number of nitrogens with one attached hydrogen (secondary N) is 1. The Morgan fingerprint density at radius 2 is 1.54 bits per heavy atom. The largest absolute Gasteiger partial charge is 0.490 e. The van der Waals surface area contributed by atoms with Gasteiger partial charge in [0.15, 0.2) is 18.1 Å². The Kier molecular flexibility index (Phi) is 8.34. The average Bonchev–Trinajstić information content (AvgIpc) is 2.68. The monoisotopic (exact) mass is 385 g/mol. The van der Waals surface area contributed by atoms with Gasteiger partial charge in [0.2, 0.25) is 0 Å². The maximum Gasteiger partial charge on any atom is 0.310 e. The molecule has 6 nitrogen and oxygen atoms in total.